The second-order valence-electron chi connectivity index (χ2n) is 6.19. The van der Waals surface area contributed by atoms with E-state index in [1.165, 1.54) is 37.7 Å². The molecule has 1 saturated carbocycles. The van der Waals surface area contributed by atoms with E-state index in [9.17, 15) is 0 Å². The van der Waals surface area contributed by atoms with Gasteiger partial charge < -0.3 is 0 Å². The van der Waals surface area contributed by atoms with Crippen molar-refractivity contribution in [3.05, 3.63) is 60.8 Å². The van der Waals surface area contributed by atoms with E-state index < -0.39 is 0 Å². The number of hydrogen-bond donors (Lipinski definition) is 0. The van der Waals surface area contributed by atoms with Gasteiger partial charge in [-0.05, 0) is 42.5 Å². The van der Waals surface area contributed by atoms with Gasteiger partial charge in [0.1, 0.15) is 6.33 Å². The van der Waals surface area contributed by atoms with Crippen LogP contribution in [0.2, 0.25) is 0 Å². The minimum absolute atomic E-state index is 0.743. The SMILES string of the molecule is c1cc(-c2cnn(-c3ccc(C4CCCCC4)cc3)c2)ncn1. The first-order valence-electron chi connectivity index (χ1n) is 8.31. The lowest BCUT2D eigenvalue weighted by atomic mass is 9.84. The Hall–Kier alpha value is -2.49. The van der Waals surface area contributed by atoms with Crippen LogP contribution in [0.1, 0.15) is 43.6 Å². The predicted molar refractivity (Wildman–Crippen MR) is 90.4 cm³/mol. The molecule has 3 aromatic rings. The zero-order chi connectivity index (χ0) is 15.5. The van der Waals surface area contributed by atoms with Crippen LogP contribution in [0.15, 0.2) is 55.2 Å². The molecule has 1 aliphatic rings. The summed E-state index contributed by atoms with van der Waals surface area (Å²) in [5.41, 5.74) is 4.45. The van der Waals surface area contributed by atoms with Gasteiger partial charge in [0.2, 0.25) is 0 Å². The van der Waals surface area contributed by atoms with Crippen molar-refractivity contribution in [3.8, 4) is 16.9 Å². The van der Waals surface area contributed by atoms with E-state index in [4.69, 9.17) is 0 Å². The molecule has 0 amide bonds. The zero-order valence-corrected chi connectivity index (χ0v) is 13.1. The number of benzene rings is 1. The second-order valence-corrected chi connectivity index (χ2v) is 6.19. The fourth-order valence-corrected chi connectivity index (χ4v) is 3.39. The summed E-state index contributed by atoms with van der Waals surface area (Å²) in [4.78, 5) is 8.22. The molecular weight excluding hydrogens is 284 g/mol. The normalized spacial score (nSPS) is 15.7. The Balaban J connectivity index is 1.55. The maximum Gasteiger partial charge on any atom is 0.116 e. The van der Waals surface area contributed by atoms with Crippen molar-refractivity contribution in [1.82, 2.24) is 19.7 Å². The van der Waals surface area contributed by atoms with Gasteiger partial charge in [-0.15, -0.1) is 0 Å². The highest BCUT2D eigenvalue weighted by molar-refractivity contribution is 5.56. The van der Waals surface area contributed by atoms with Crippen LogP contribution in [0.5, 0.6) is 0 Å². The molecule has 0 bridgehead atoms. The average Bonchev–Trinajstić information content (AvgIpc) is 3.14. The van der Waals surface area contributed by atoms with Crippen molar-refractivity contribution < 1.29 is 0 Å². The molecule has 2 aromatic heterocycles. The van der Waals surface area contributed by atoms with Crippen LogP contribution in [-0.4, -0.2) is 19.7 Å². The van der Waals surface area contributed by atoms with Gasteiger partial charge >= 0.3 is 0 Å². The highest BCUT2D eigenvalue weighted by Crippen LogP contribution is 2.32. The molecule has 0 radical (unpaired) electrons. The highest BCUT2D eigenvalue weighted by atomic mass is 15.3. The van der Waals surface area contributed by atoms with Crippen molar-refractivity contribution in [2.75, 3.05) is 0 Å². The Labute approximate surface area is 136 Å². The van der Waals surface area contributed by atoms with Crippen molar-refractivity contribution in [3.63, 3.8) is 0 Å². The molecule has 4 nitrogen and oxygen atoms in total. The quantitative estimate of drug-likeness (QED) is 0.721. The summed E-state index contributed by atoms with van der Waals surface area (Å²) in [5.74, 6) is 0.743. The van der Waals surface area contributed by atoms with Gasteiger partial charge in [-0.1, -0.05) is 31.4 Å². The third-order valence-corrected chi connectivity index (χ3v) is 4.69. The molecule has 4 heteroatoms. The van der Waals surface area contributed by atoms with Crippen molar-refractivity contribution in [1.29, 1.82) is 0 Å². The third kappa shape index (κ3) is 3.02. The Kier molecular flexibility index (Phi) is 3.88. The van der Waals surface area contributed by atoms with Gasteiger partial charge in [-0.25, -0.2) is 14.6 Å². The van der Waals surface area contributed by atoms with Crippen LogP contribution in [0.3, 0.4) is 0 Å². The van der Waals surface area contributed by atoms with E-state index in [0.717, 1.165) is 22.9 Å². The zero-order valence-electron chi connectivity index (χ0n) is 13.1. The summed E-state index contributed by atoms with van der Waals surface area (Å²) >= 11 is 0. The van der Waals surface area contributed by atoms with E-state index in [0.29, 0.717) is 0 Å². The molecule has 0 aliphatic heterocycles. The average molecular weight is 304 g/mol. The lowest BCUT2D eigenvalue weighted by Gasteiger charge is -2.22. The predicted octanol–water partition coefficient (Wildman–Crippen LogP) is 4.38. The first-order chi connectivity index (χ1) is 11.4. The lowest BCUT2D eigenvalue weighted by molar-refractivity contribution is 0.443. The van der Waals surface area contributed by atoms with Gasteiger partial charge in [-0.3, -0.25) is 0 Å². The Morgan fingerprint density at radius 2 is 1.78 bits per heavy atom. The lowest BCUT2D eigenvalue weighted by Crippen LogP contribution is -2.04. The van der Waals surface area contributed by atoms with E-state index in [-0.39, 0.29) is 0 Å². The minimum atomic E-state index is 0.743. The molecule has 0 spiro atoms. The number of aromatic nitrogens is 4. The summed E-state index contributed by atoms with van der Waals surface area (Å²) in [6.07, 6.45) is 14.0. The van der Waals surface area contributed by atoms with Crippen molar-refractivity contribution >= 4 is 0 Å². The van der Waals surface area contributed by atoms with Gasteiger partial charge in [0, 0.05) is 18.0 Å². The largest absolute Gasteiger partial charge is 0.245 e. The number of hydrogen-bond acceptors (Lipinski definition) is 3. The highest BCUT2D eigenvalue weighted by Gasteiger charge is 2.15. The maximum atomic E-state index is 4.46. The van der Waals surface area contributed by atoms with E-state index in [1.54, 1.807) is 12.5 Å². The molecule has 0 saturated heterocycles. The van der Waals surface area contributed by atoms with Crippen LogP contribution in [0.25, 0.3) is 16.9 Å². The van der Waals surface area contributed by atoms with Crippen LogP contribution < -0.4 is 0 Å². The topological polar surface area (TPSA) is 43.6 Å². The fraction of sp³-hybridized carbons (Fsp3) is 0.316. The molecule has 1 fully saturated rings. The smallest absolute Gasteiger partial charge is 0.116 e. The molecular formula is C19H20N4. The monoisotopic (exact) mass is 304 g/mol. The van der Waals surface area contributed by atoms with Gasteiger partial charge in [0.05, 0.1) is 17.6 Å². The second kappa shape index (κ2) is 6.32. The summed E-state index contributed by atoms with van der Waals surface area (Å²) in [7, 11) is 0. The number of rotatable bonds is 3. The molecule has 0 atom stereocenters. The molecule has 2 heterocycles. The first-order valence-corrected chi connectivity index (χ1v) is 8.31. The van der Waals surface area contributed by atoms with Crippen LogP contribution >= 0.6 is 0 Å². The summed E-state index contributed by atoms with van der Waals surface area (Å²) in [5, 5.41) is 4.46. The maximum absolute atomic E-state index is 4.46. The minimum Gasteiger partial charge on any atom is -0.245 e. The molecule has 23 heavy (non-hydrogen) atoms. The van der Waals surface area contributed by atoms with Crippen LogP contribution in [0.4, 0.5) is 0 Å². The van der Waals surface area contributed by atoms with Crippen LogP contribution in [-0.2, 0) is 0 Å². The van der Waals surface area contributed by atoms with E-state index in [2.05, 4.69) is 39.3 Å². The van der Waals surface area contributed by atoms with Crippen molar-refractivity contribution in [2.45, 2.75) is 38.0 Å². The van der Waals surface area contributed by atoms with Gasteiger partial charge in [0.25, 0.3) is 0 Å². The fourth-order valence-electron chi connectivity index (χ4n) is 3.39. The molecule has 116 valence electrons. The van der Waals surface area contributed by atoms with Crippen molar-refractivity contribution in [2.24, 2.45) is 0 Å². The van der Waals surface area contributed by atoms with Gasteiger partial charge in [0.15, 0.2) is 0 Å². The van der Waals surface area contributed by atoms with E-state index >= 15 is 0 Å². The Morgan fingerprint density at radius 3 is 2.52 bits per heavy atom. The molecule has 1 aromatic carbocycles. The number of nitrogens with zero attached hydrogens (tertiary/aromatic N) is 4. The molecule has 1 aliphatic carbocycles. The molecule has 0 N–H and O–H groups in total. The Bertz CT molecular complexity index is 756. The van der Waals surface area contributed by atoms with Crippen LogP contribution in [0, 0.1) is 0 Å². The summed E-state index contributed by atoms with van der Waals surface area (Å²) in [6.45, 7) is 0. The molecule has 4 rings (SSSR count). The first kappa shape index (κ1) is 14.1. The Morgan fingerprint density at radius 1 is 0.957 bits per heavy atom. The van der Waals surface area contributed by atoms with E-state index in [1.807, 2.05) is 23.1 Å². The summed E-state index contributed by atoms with van der Waals surface area (Å²) in [6, 6.07) is 10.8. The van der Waals surface area contributed by atoms with Gasteiger partial charge in [-0.2, -0.15) is 5.10 Å². The third-order valence-electron chi connectivity index (χ3n) is 4.69. The molecule has 0 unspecified atom stereocenters. The summed E-state index contributed by atoms with van der Waals surface area (Å²) < 4.78 is 1.90. The standard InChI is InChI=1S/C19H20N4/c1-2-4-15(5-3-1)16-6-8-18(9-7-16)23-13-17(12-22-23)19-10-11-20-14-21-19/h6-15H,1-5H2.